The monoisotopic (exact) mass is 418 g/mol. The lowest BCUT2D eigenvalue weighted by atomic mass is 9.94. The zero-order valence-electron chi connectivity index (χ0n) is 18.1. The molecule has 0 aliphatic carbocycles. The number of nitrogens with zero attached hydrogens (tertiary/aromatic N) is 4. The SMILES string of the molecule is CCCCn1c(CN(C)C[C@H]2Cc3ccccc3CN2C)cnc1S(=O)(=O)CC. The number of likely N-dealkylation sites (N-methyl/N-ethyl adjacent to an activating group) is 2. The minimum atomic E-state index is -3.32. The maximum absolute atomic E-state index is 12.5. The summed E-state index contributed by atoms with van der Waals surface area (Å²) >= 11 is 0. The van der Waals surface area contributed by atoms with E-state index in [0.29, 0.717) is 19.1 Å². The molecule has 0 spiro atoms. The first-order chi connectivity index (χ1) is 13.9. The molecule has 1 aromatic heterocycles. The third kappa shape index (κ3) is 5.08. The number of sulfone groups is 1. The van der Waals surface area contributed by atoms with E-state index >= 15 is 0 Å². The number of hydrogen-bond acceptors (Lipinski definition) is 5. The number of aromatic nitrogens is 2. The molecule has 0 radical (unpaired) electrons. The molecule has 1 aromatic carbocycles. The van der Waals surface area contributed by atoms with Gasteiger partial charge in [-0.05, 0) is 38.1 Å². The third-order valence-electron chi connectivity index (χ3n) is 5.87. The van der Waals surface area contributed by atoms with E-state index in [4.69, 9.17) is 0 Å². The van der Waals surface area contributed by atoms with E-state index in [1.165, 1.54) is 11.1 Å². The lowest BCUT2D eigenvalue weighted by Crippen LogP contribution is -2.44. The minimum Gasteiger partial charge on any atom is -0.318 e. The Kier molecular flexibility index (Phi) is 7.14. The van der Waals surface area contributed by atoms with E-state index in [-0.39, 0.29) is 10.9 Å². The highest BCUT2D eigenvalue weighted by Crippen LogP contribution is 2.23. The van der Waals surface area contributed by atoms with Crippen LogP contribution < -0.4 is 0 Å². The highest BCUT2D eigenvalue weighted by Gasteiger charge is 2.26. The molecule has 160 valence electrons. The normalized spacial score (nSPS) is 17.6. The van der Waals surface area contributed by atoms with Crippen LogP contribution in [0.3, 0.4) is 0 Å². The van der Waals surface area contributed by atoms with Crippen LogP contribution in [0.4, 0.5) is 0 Å². The molecule has 1 atom stereocenters. The second-order valence-corrected chi connectivity index (χ2v) is 10.4. The molecule has 0 bridgehead atoms. The smallest absolute Gasteiger partial charge is 0.227 e. The van der Waals surface area contributed by atoms with E-state index in [1.807, 2.05) is 4.57 Å². The Morgan fingerprint density at radius 3 is 2.62 bits per heavy atom. The van der Waals surface area contributed by atoms with Crippen molar-refractivity contribution in [3.63, 3.8) is 0 Å². The van der Waals surface area contributed by atoms with Gasteiger partial charge in [-0.2, -0.15) is 0 Å². The zero-order chi connectivity index (χ0) is 21.0. The lowest BCUT2D eigenvalue weighted by Gasteiger charge is -2.36. The van der Waals surface area contributed by atoms with Gasteiger partial charge in [0.15, 0.2) is 0 Å². The molecule has 1 aliphatic rings. The largest absolute Gasteiger partial charge is 0.318 e. The average Bonchev–Trinajstić information content (AvgIpc) is 3.10. The van der Waals surface area contributed by atoms with Crippen molar-refractivity contribution in [2.45, 2.75) is 63.9 Å². The van der Waals surface area contributed by atoms with Gasteiger partial charge >= 0.3 is 0 Å². The fourth-order valence-electron chi connectivity index (χ4n) is 4.07. The van der Waals surface area contributed by atoms with Crippen molar-refractivity contribution in [3.05, 3.63) is 47.3 Å². The first kappa shape index (κ1) is 22.0. The van der Waals surface area contributed by atoms with Crippen LogP contribution in [-0.2, 0) is 35.9 Å². The number of imidazole rings is 1. The fraction of sp³-hybridized carbons (Fsp3) is 0.591. The first-order valence-corrected chi connectivity index (χ1v) is 12.2. The molecule has 0 saturated heterocycles. The van der Waals surface area contributed by atoms with Gasteiger partial charge in [0.25, 0.3) is 0 Å². The van der Waals surface area contributed by atoms with Crippen LogP contribution in [0, 0.1) is 0 Å². The van der Waals surface area contributed by atoms with Crippen molar-refractivity contribution >= 4 is 9.84 Å². The summed E-state index contributed by atoms with van der Waals surface area (Å²) in [5.74, 6) is 0.0810. The summed E-state index contributed by atoms with van der Waals surface area (Å²) in [6.07, 6.45) is 4.75. The Balaban J connectivity index is 1.73. The van der Waals surface area contributed by atoms with E-state index in [0.717, 1.165) is 38.0 Å². The van der Waals surface area contributed by atoms with E-state index in [1.54, 1.807) is 13.1 Å². The summed E-state index contributed by atoms with van der Waals surface area (Å²) in [6, 6.07) is 9.12. The van der Waals surface area contributed by atoms with Crippen molar-refractivity contribution in [1.82, 2.24) is 19.4 Å². The molecule has 3 rings (SSSR count). The average molecular weight is 419 g/mol. The second kappa shape index (κ2) is 9.41. The third-order valence-corrected chi connectivity index (χ3v) is 7.51. The molecular formula is C22H34N4O2S. The van der Waals surface area contributed by atoms with Gasteiger partial charge in [-0.3, -0.25) is 9.80 Å². The van der Waals surface area contributed by atoms with Crippen LogP contribution in [0.5, 0.6) is 0 Å². The van der Waals surface area contributed by atoms with E-state index < -0.39 is 9.84 Å². The summed E-state index contributed by atoms with van der Waals surface area (Å²) in [6.45, 7) is 7.10. The Labute approximate surface area is 175 Å². The van der Waals surface area contributed by atoms with Gasteiger partial charge in [0, 0.05) is 32.2 Å². The molecule has 0 unspecified atom stereocenters. The molecule has 1 aliphatic heterocycles. The van der Waals surface area contributed by atoms with Crippen molar-refractivity contribution in [3.8, 4) is 0 Å². The minimum absolute atomic E-state index is 0.0810. The second-order valence-electron chi connectivity index (χ2n) is 8.18. The highest BCUT2D eigenvalue weighted by molar-refractivity contribution is 7.91. The van der Waals surface area contributed by atoms with Crippen LogP contribution in [0.15, 0.2) is 35.6 Å². The van der Waals surface area contributed by atoms with Gasteiger partial charge in [0.05, 0.1) is 17.6 Å². The Bertz CT molecular complexity index is 923. The standard InChI is InChI=1S/C22H34N4O2S/c1-5-7-12-26-21(14-23-22(26)29(27,28)6-2)17-24(3)16-20-13-18-10-8-9-11-19(18)15-25(20)4/h8-11,14,20H,5-7,12-13,15-17H2,1-4H3/t20-/m1/s1. The number of benzene rings is 1. The van der Waals surface area contributed by atoms with Gasteiger partial charge in [-0.25, -0.2) is 13.4 Å². The van der Waals surface area contributed by atoms with Crippen LogP contribution >= 0.6 is 0 Å². The maximum Gasteiger partial charge on any atom is 0.227 e. The van der Waals surface area contributed by atoms with Gasteiger partial charge in [0.2, 0.25) is 15.0 Å². The number of unbranched alkanes of at least 4 members (excludes halogenated alkanes) is 1. The van der Waals surface area contributed by atoms with Crippen LogP contribution in [0.2, 0.25) is 0 Å². The van der Waals surface area contributed by atoms with Gasteiger partial charge < -0.3 is 4.57 Å². The maximum atomic E-state index is 12.5. The Morgan fingerprint density at radius 1 is 1.21 bits per heavy atom. The van der Waals surface area contributed by atoms with Crippen molar-refractivity contribution in [2.24, 2.45) is 0 Å². The summed E-state index contributed by atoms with van der Waals surface area (Å²) in [5.41, 5.74) is 3.83. The number of rotatable bonds is 9. The predicted octanol–water partition coefficient (Wildman–Crippen LogP) is 2.97. The molecule has 29 heavy (non-hydrogen) atoms. The quantitative estimate of drug-likeness (QED) is 0.627. The van der Waals surface area contributed by atoms with E-state index in [2.05, 4.69) is 60.1 Å². The Hall–Kier alpha value is -1.70. The molecule has 2 heterocycles. The van der Waals surface area contributed by atoms with Crippen LogP contribution in [-0.4, -0.2) is 60.2 Å². The van der Waals surface area contributed by atoms with Crippen LogP contribution in [0.1, 0.15) is 43.5 Å². The zero-order valence-corrected chi connectivity index (χ0v) is 19.0. The van der Waals surface area contributed by atoms with Crippen molar-refractivity contribution in [2.75, 3.05) is 26.4 Å². The molecule has 6 nitrogen and oxygen atoms in total. The summed E-state index contributed by atoms with van der Waals surface area (Å²) in [5, 5.41) is 0.223. The number of fused-ring (bicyclic) bond motifs is 1. The molecule has 0 N–H and O–H groups in total. The summed E-state index contributed by atoms with van der Waals surface area (Å²) in [4.78, 5) is 9.00. The molecule has 0 fully saturated rings. The highest BCUT2D eigenvalue weighted by atomic mass is 32.2. The molecule has 7 heteroatoms. The molecular weight excluding hydrogens is 384 g/mol. The first-order valence-electron chi connectivity index (χ1n) is 10.6. The van der Waals surface area contributed by atoms with E-state index in [9.17, 15) is 8.42 Å². The molecule has 2 aromatic rings. The number of hydrogen-bond donors (Lipinski definition) is 0. The van der Waals surface area contributed by atoms with Crippen molar-refractivity contribution < 1.29 is 8.42 Å². The summed E-state index contributed by atoms with van der Waals surface area (Å²) in [7, 11) is 0.978. The van der Waals surface area contributed by atoms with Crippen molar-refractivity contribution in [1.29, 1.82) is 0 Å². The fourth-order valence-corrected chi connectivity index (χ4v) is 5.09. The van der Waals surface area contributed by atoms with Crippen LogP contribution in [0.25, 0.3) is 0 Å². The van der Waals surface area contributed by atoms with Gasteiger partial charge in [0.1, 0.15) is 0 Å². The predicted molar refractivity (Wildman–Crippen MR) is 117 cm³/mol. The van der Waals surface area contributed by atoms with Gasteiger partial charge in [-0.1, -0.05) is 44.5 Å². The molecule has 0 saturated carbocycles. The Morgan fingerprint density at radius 2 is 1.93 bits per heavy atom. The van der Waals surface area contributed by atoms with Gasteiger partial charge in [-0.15, -0.1) is 0 Å². The molecule has 0 amide bonds. The summed E-state index contributed by atoms with van der Waals surface area (Å²) < 4.78 is 26.8. The topological polar surface area (TPSA) is 58.4 Å². The lowest BCUT2D eigenvalue weighted by molar-refractivity contribution is 0.157.